The normalized spacial score (nSPS) is 10.2. The summed E-state index contributed by atoms with van der Waals surface area (Å²) in [5.74, 6) is -2.92. The molecule has 0 spiro atoms. The van der Waals surface area contributed by atoms with Gasteiger partial charge in [-0.25, -0.2) is 9.18 Å². The minimum absolute atomic E-state index is 0.105. The van der Waals surface area contributed by atoms with E-state index in [4.69, 9.17) is 16.7 Å². The molecule has 2 aromatic carbocycles. The first-order valence-electron chi connectivity index (χ1n) is 5.99. The Morgan fingerprint density at radius 3 is 2.62 bits per heavy atom. The zero-order valence-corrected chi connectivity index (χ0v) is 11.7. The number of benzene rings is 2. The summed E-state index contributed by atoms with van der Waals surface area (Å²) in [6.45, 7) is 1.72. The molecule has 1 amide bonds. The van der Waals surface area contributed by atoms with Crippen molar-refractivity contribution in [3.63, 3.8) is 0 Å². The fourth-order valence-corrected chi connectivity index (χ4v) is 2.05. The van der Waals surface area contributed by atoms with E-state index in [9.17, 15) is 14.0 Å². The van der Waals surface area contributed by atoms with Gasteiger partial charge in [0.2, 0.25) is 0 Å². The molecular weight excluding hydrogens is 297 g/mol. The Morgan fingerprint density at radius 1 is 1.24 bits per heavy atom. The second-order valence-corrected chi connectivity index (χ2v) is 4.82. The van der Waals surface area contributed by atoms with Crippen LogP contribution >= 0.6 is 11.6 Å². The Hall–Kier alpha value is -2.40. The number of amides is 1. The maximum atomic E-state index is 13.5. The Labute approximate surface area is 125 Å². The molecule has 0 aliphatic carbocycles. The van der Waals surface area contributed by atoms with Gasteiger partial charge < -0.3 is 10.4 Å². The van der Waals surface area contributed by atoms with E-state index in [0.717, 1.165) is 6.07 Å². The molecular formula is C15H11ClFNO3. The van der Waals surface area contributed by atoms with Crippen molar-refractivity contribution in [2.75, 3.05) is 5.32 Å². The number of nitrogens with one attached hydrogen (secondary N) is 1. The van der Waals surface area contributed by atoms with E-state index in [2.05, 4.69) is 5.32 Å². The number of aryl methyl sites for hydroxylation is 1. The quantitative estimate of drug-likeness (QED) is 0.907. The third-order valence-electron chi connectivity index (χ3n) is 2.92. The first-order valence-corrected chi connectivity index (χ1v) is 6.37. The summed E-state index contributed by atoms with van der Waals surface area (Å²) in [7, 11) is 0. The summed E-state index contributed by atoms with van der Waals surface area (Å²) in [5, 5.41) is 11.8. The van der Waals surface area contributed by atoms with Crippen molar-refractivity contribution in [2.24, 2.45) is 0 Å². The number of carbonyl (C=O) groups is 2. The van der Waals surface area contributed by atoms with Crippen LogP contribution in [0.3, 0.4) is 0 Å². The van der Waals surface area contributed by atoms with Gasteiger partial charge in [0, 0.05) is 10.6 Å². The molecule has 0 radical (unpaired) electrons. The summed E-state index contributed by atoms with van der Waals surface area (Å²) in [6.07, 6.45) is 0. The number of aromatic carboxylic acids is 1. The molecule has 0 fully saturated rings. The van der Waals surface area contributed by atoms with Crippen molar-refractivity contribution < 1.29 is 19.1 Å². The molecule has 0 heterocycles. The minimum Gasteiger partial charge on any atom is -0.478 e. The van der Waals surface area contributed by atoms with Crippen molar-refractivity contribution in [2.45, 2.75) is 6.92 Å². The maximum absolute atomic E-state index is 13.5. The van der Waals surface area contributed by atoms with E-state index in [1.807, 2.05) is 0 Å². The first-order chi connectivity index (χ1) is 9.90. The van der Waals surface area contributed by atoms with E-state index < -0.39 is 23.3 Å². The average Bonchev–Trinajstić information content (AvgIpc) is 2.41. The van der Waals surface area contributed by atoms with Crippen molar-refractivity contribution >= 4 is 29.2 Å². The minimum atomic E-state index is -1.45. The highest BCUT2D eigenvalue weighted by Crippen LogP contribution is 2.21. The molecule has 0 aliphatic rings. The highest BCUT2D eigenvalue weighted by molar-refractivity contribution is 6.31. The van der Waals surface area contributed by atoms with Gasteiger partial charge in [0.1, 0.15) is 11.4 Å². The van der Waals surface area contributed by atoms with Crippen LogP contribution in [0.5, 0.6) is 0 Å². The molecule has 0 saturated carbocycles. The zero-order valence-electron chi connectivity index (χ0n) is 11.0. The van der Waals surface area contributed by atoms with Crippen molar-refractivity contribution in [3.05, 3.63) is 63.9 Å². The molecule has 0 saturated heterocycles. The Morgan fingerprint density at radius 2 is 1.95 bits per heavy atom. The Bertz CT molecular complexity index is 731. The van der Waals surface area contributed by atoms with Crippen LogP contribution in [-0.4, -0.2) is 17.0 Å². The number of carboxylic acids is 1. The van der Waals surface area contributed by atoms with E-state index >= 15 is 0 Å². The van der Waals surface area contributed by atoms with E-state index in [1.54, 1.807) is 19.1 Å². The molecule has 2 N–H and O–H groups in total. The summed E-state index contributed by atoms with van der Waals surface area (Å²) >= 11 is 5.84. The number of rotatable bonds is 3. The Kier molecular flexibility index (Phi) is 4.23. The van der Waals surface area contributed by atoms with Gasteiger partial charge in [-0.2, -0.15) is 0 Å². The Balaban J connectivity index is 2.39. The van der Waals surface area contributed by atoms with Gasteiger partial charge in [-0.1, -0.05) is 23.7 Å². The number of carboxylic acid groups (broad SMARTS) is 1. The van der Waals surface area contributed by atoms with Crippen molar-refractivity contribution in [3.8, 4) is 0 Å². The average molecular weight is 308 g/mol. The molecule has 0 aromatic heterocycles. The molecule has 2 rings (SSSR count). The number of carbonyl (C=O) groups excluding carboxylic acids is 1. The SMILES string of the molecule is Cc1ccc(Cl)cc1C(=O)Nc1cccc(F)c1C(=O)O. The highest BCUT2D eigenvalue weighted by Gasteiger charge is 2.18. The van der Waals surface area contributed by atoms with Crippen LogP contribution in [0, 0.1) is 12.7 Å². The number of anilines is 1. The highest BCUT2D eigenvalue weighted by atomic mass is 35.5. The van der Waals surface area contributed by atoms with Gasteiger partial charge in [-0.05, 0) is 36.8 Å². The third-order valence-corrected chi connectivity index (χ3v) is 3.16. The monoisotopic (exact) mass is 307 g/mol. The lowest BCUT2D eigenvalue weighted by Gasteiger charge is -2.11. The van der Waals surface area contributed by atoms with Gasteiger partial charge in [-0.15, -0.1) is 0 Å². The molecule has 4 nitrogen and oxygen atoms in total. The molecule has 0 aliphatic heterocycles. The fraction of sp³-hybridized carbons (Fsp3) is 0.0667. The van der Waals surface area contributed by atoms with Crippen LogP contribution in [0.25, 0.3) is 0 Å². The second-order valence-electron chi connectivity index (χ2n) is 4.38. The smallest absolute Gasteiger partial charge is 0.340 e. The second kappa shape index (κ2) is 5.93. The van der Waals surface area contributed by atoms with Crippen LogP contribution in [-0.2, 0) is 0 Å². The first kappa shape index (κ1) is 15.0. The number of halogens is 2. The third kappa shape index (κ3) is 3.20. The summed E-state index contributed by atoms with van der Waals surface area (Å²) < 4.78 is 13.5. The molecule has 6 heteroatoms. The van der Waals surface area contributed by atoms with Crippen LogP contribution < -0.4 is 5.32 Å². The summed E-state index contributed by atoms with van der Waals surface area (Å²) in [4.78, 5) is 23.3. The van der Waals surface area contributed by atoms with Crippen LogP contribution in [0.1, 0.15) is 26.3 Å². The van der Waals surface area contributed by atoms with E-state index in [-0.39, 0.29) is 5.69 Å². The molecule has 0 atom stereocenters. The summed E-state index contributed by atoms with van der Waals surface area (Å²) in [6, 6.07) is 8.43. The maximum Gasteiger partial charge on any atom is 0.340 e. The number of hydrogen-bond acceptors (Lipinski definition) is 2. The largest absolute Gasteiger partial charge is 0.478 e. The lowest BCUT2D eigenvalue weighted by Crippen LogP contribution is -2.16. The zero-order chi connectivity index (χ0) is 15.6. The molecule has 108 valence electrons. The fourth-order valence-electron chi connectivity index (χ4n) is 1.87. The topological polar surface area (TPSA) is 66.4 Å². The molecule has 0 unspecified atom stereocenters. The van der Waals surface area contributed by atoms with Crippen LogP contribution in [0.15, 0.2) is 36.4 Å². The van der Waals surface area contributed by atoms with E-state index in [0.29, 0.717) is 16.1 Å². The molecule has 21 heavy (non-hydrogen) atoms. The van der Waals surface area contributed by atoms with Crippen LogP contribution in [0.4, 0.5) is 10.1 Å². The van der Waals surface area contributed by atoms with Crippen LogP contribution in [0.2, 0.25) is 5.02 Å². The predicted octanol–water partition coefficient (Wildman–Crippen LogP) is 3.74. The van der Waals surface area contributed by atoms with Gasteiger partial charge in [0.25, 0.3) is 5.91 Å². The van der Waals surface area contributed by atoms with Gasteiger partial charge in [-0.3, -0.25) is 4.79 Å². The molecule has 2 aromatic rings. The lowest BCUT2D eigenvalue weighted by molar-refractivity contribution is 0.0693. The van der Waals surface area contributed by atoms with Crippen molar-refractivity contribution in [1.82, 2.24) is 0 Å². The standard InChI is InChI=1S/C15H11ClFNO3/c1-8-5-6-9(16)7-10(8)14(19)18-12-4-2-3-11(17)13(12)15(20)21/h2-7H,1H3,(H,18,19)(H,20,21). The number of hydrogen-bond donors (Lipinski definition) is 2. The summed E-state index contributed by atoms with van der Waals surface area (Å²) in [5.41, 5.74) is 0.283. The van der Waals surface area contributed by atoms with E-state index in [1.165, 1.54) is 18.2 Å². The van der Waals surface area contributed by atoms with Crippen molar-refractivity contribution in [1.29, 1.82) is 0 Å². The van der Waals surface area contributed by atoms with Gasteiger partial charge in [0.05, 0.1) is 5.69 Å². The van der Waals surface area contributed by atoms with Gasteiger partial charge >= 0.3 is 5.97 Å². The van der Waals surface area contributed by atoms with Gasteiger partial charge in [0.15, 0.2) is 0 Å². The molecule has 0 bridgehead atoms. The predicted molar refractivity (Wildman–Crippen MR) is 77.5 cm³/mol. The lowest BCUT2D eigenvalue weighted by atomic mass is 10.1.